The molecule has 0 bridgehead atoms. The van der Waals surface area contributed by atoms with Gasteiger partial charge in [0.25, 0.3) is 0 Å². The van der Waals surface area contributed by atoms with Gasteiger partial charge in [-0.05, 0) is 17.7 Å². The van der Waals surface area contributed by atoms with E-state index in [1.807, 2.05) is 18.2 Å². The molecule has 1 aliphatic rings. The van der Waals surface area contributed by atoms with Gasteiger partial charge in [-0.15, -0.1) is 0 Å². The molecule has 1 unspecified atom stereocenters. The molecule has 0 spiro atoms. The minimum Gasteiger partial charge on any atom is -0.490 e. The van der Waals surface area contributed by atoms with Crippen LogP contribution in [0.2, 0.25) is 0 Å². The van der Waals surface area contributed by atoms with Crippen LogP contribution in [0.25, 0.3) is 10.9 Å². The Labute approximate surface area is 104 Å². The third kappa shape index (κ3) is 2.17. The van der Waals surface area contributed by atoms with Crippen LogP contribution in [0, 0.1) is 0 Å². The van der Waals surface area contributed by atoms with Crippen molar-refractivity contribution in [2.24, 2.45) is 5.73 Å². The van der Waals surface area contributed by atoms with E-state index >= 15 is 0 Å². The van der Waals surface area contributed by atoms with E-state index in [0.29, 0.717) is 6.61 Å². The van der Waals surface area contributed by atoms with Gasteiger partial charge in [0, 0.05) is 17.1 Å². The van der Waals surface area contributed by atoms with Crippen molar-refractivity contribution in [3.63, 3.8) is 0 Å². The molecule has 2 aromatic rings. The SMILES string of the molecule is NC(=O)Cc1c[nH]c2cccc(OCC3CO3)c12. The molecule has 1 fully saturated rings. The average Bonchev–Trinajstić information content (AvgIpc) is 3.08. The Balaban J connectivity index is 1.94. The first kappa shape index (κ1) is 11.1. The van der Waals surface area contributed by atoms with Gasteiger partial charge in [-0.3, -0.25) is 4.79 Å². The van der Waals surface area contributed by atoms with E-state index in [0.717, 1.165) is 28.8 Å². The summed E-state index contributed by atoms with van der Waals surface area (Å²) in [5.74, 6) is 0.414. The molecule has 94 valence electrons. The van der Waals surface area contributed by atoms with E-state index in [4.69, 9.17) is 15.2 Å². The molecular formula is C13H14N2O3. The van der Waals surface area contributed by atoms with Gasteiger partial charge >= 0.3 is 0 Å². The predicted molar refractivity (Wildman–Crippen MR) is 66.4 cm³/mol. The van der Waals surface area contributed by atoms with Gasteiger partial charge < -0.3 is 20.2 Å². The summed E-state index contributed by atoms with van der Waals surface area (Å²) in [5, 5.41) is 0.928. The van der Waals surface area contributed by atoms with E-state index < -0.39 is 0 Å². The van der Waals surface area contributed by atoms with Gasteiger partial charge in [0.15, 0.2) is 0 Å². The molecule has 0 saturated carbocycles. The number of aromatic nitrogens is 1. The Hall–Kier alpha value is -2.01. The number of hydrogen-bond acceptors (Lipinski definition) is 3. The lowest BCUT2D eigenvalue weighted by Gasteiger charge is -2.07. The Morgan fingerprint density at radius 1 is 1.56 bits per heavy atom. The van der Waals surface area contributed by atoms with E-state index in [1.54, 1.807) is 6.20 Å². The number of carbonyl (C=O) groups is 1. The summed E-state index contributed by atoms with van der Waals surface area (Å²) in [5.41, 5.74) is 7.05. The quantitative estimate of drug-likeness (QED) is 0.771. The summed E-state index contributed by atoms with van der Waals surface area (Å²) < 4.78 is 10.8. The third-order valence-electron chi connectivity index (χ3n) is 2.94. The third-order valence-corrected chi connectivity index (χ3v) is 2.94. The number of fused-ring (bicyclic) bond motifs is 1. The number of rotatable bonds is 5. The predicted octanol–water partition coefficient (Wildman–Crippen LogP) is 0.973. The van der Waals surface area contributed by atoms with E-state index in [9.17, 15) is 4.79 Å². The van der Waals surface area contributed by atoms with Crippen LogP contribution in [-0.4, -0.2) is 30.2 Å². The maximum atomic E-state index is 11.0. The molecule has 1 aromatic carbocycles. The van der Waals surface area contributed by atoms with Crippen molar-refractivity contribution in [3.05, 3.63) is 30.0 Å². The molecule has 5 nitrogen and oxygen atoms in total. The molecule has 18 heavy (non-hydrogen) atoms. The van der Waals surface area contributed by atoms with Gasteiger partial charge in [0.05, 0.1) is 13.0 Å². The van der Waals surface area contributed by atoms with Crippen molar-refractivity contribution >= 4 is 16.8 Å². The number of aromatic amines is 1. The maximum Gasteiger partial charge on any atom is 0.221 e. The number of nitrogens with one attached hydrogen (secondary N) is 1. The number of ether oxygens (including phenoxy) is 2. The summed E-state index contributed by atoms with van der Waals surface area (Å²) in [6.07, 6.45) is 2.22. The number of primary amides is 1. The van der Waals surface area contributed by atoms with Crippen LogP contribution in [0.3, 0.4) is 0 Å². The molecule has 0 aliphatic carbocycles. The summed E-state index contributed by atoms with van der Waals surface area (Å²) in [6.45, 7) is 1.30. The lowest BCUT2D eigenvalue weighted by Crippen LogP contribution is -2.13. The van der Waals surface area contributed by atoms with Crippen molar-refractivity contribution in [1.82, 2.24) is 4.98 Å². The maximum absolute atomic E-state index is 11.0. The lowest BCUT2D eigenvalue weighted by molar-refractivity contribution is -0.117. The van der Waals surface area contributed by atoms with Crippen LogP contribution in [0.4, 0.5) is 0 Å². The molecule has 3 rings (SSSR count). The smallest absolute Gasteiger partial charge is 0.221 e. The average molecular weight is 246 g/mol. The first-order valence-electron chi connectivity index (χ1n) is 5.85. The van der Waals surface area contributed by atoms with Crippen LogP contribution >= 0.6 is 0 Å². The topological polar surface area (TPSA) is 80.6 Å². The largest absolute Gasteiger partial charge is 0.490 e. The van der Waals surface area contributed by atoms with Crippen molar-refractivity contribution in [3.8, 4) is 5.75 Å². The number of hydrogen-bond donors (Lipinski definition) is 2. The Kier molecular flexibility index (Phi) is 2.68. The van der Waals surface area contributed by atoms with Crippen molar-refractivity contribution in [1.29, 1.82) is 0 Å². The van der Waals surface area contributed by atoms with Crippen LogP contribution in [0.5, 0.6) is 5.75 Å². The Bertz CT molecular complexity index is 587. The Morgan fingerprint density at radius 2 is 2.39 bits per heavy atom. The first-order chi connectivity index (χ1) is 8.74. The molecular weight excluding hydrogens is 232 g/mol. The summed E-state index contributed by atoms with van der Waals surface area (Å²) in [7, 11) is 0. The van der Waals surface area contributed by atoms with Crippen molar-refractivity contribution in [2.45, 2.75) is 12.5 Å². The molecule has 1 saturated heterocycles. The van der Waals surface area contributed by atoms with Gasteiger partial charge in [0.1, 0.15) is 18.5 Å². The second-order valence-electron chi connectivity index (χ2n) is 4.40. The lowest BCUT2D eigenvalue weighted by atomic mass is 10.1. The second-order valence-corrected chi connectivity index (χ2v) is 4.40. The number of carbonyl (C=O) groups excluding carboxylic acids is 1. The summed E-state index contributed by atoms with van der Waals surface area (Å²) in [4.78, 5) is 14.2. The van der Waals surface area contributed by atoms with E-state index in [1.165, 1.54) is 0 Å². The Morgan fingerprint density at radius 3 is 3.11 bits per heavy atom. The highest BCUT2D eigenvalue weighted by molar-refractivity contribution is 5.92. The minimum absolute atomic E-state index is 0.207. The fourth-order valence-corrected chi connectivity index (χ4v) is 2.01. The minimum atomic E-state index is -0.351. The van der Waals surface area contributed by atoms with Crippen LogP contribution < -0.4 is 10.5 Å². The number of H-pyrrole nitrogens is 1. The van der Waals surface area contributed by atoms with Gasteiger partial charge in [-0.25, -0.2) is 0 Å². The number of epoxide rings is 1. The van der Waals surface area contributed by atoms with Crippen LogP contribution in [0.15, 0.2) is 24.4 Å². The van der Waals surface area contributed by atoms with Crippen LogP contribution in [0.1, 0.15) is 5.56 Å². The number of nitrogens with two attached hydrogens (primary N) is 1. The highest BCUT2D eigenvalue weighted by Gasteiger charge is 2.23. The summed E-state index contributed by atoms with van der Waals surface area (Å²) in [6, 6.07) is 5.75. The highest BCUT2D eigenvalue weighted by atomic mass is 16.6. The first-order valence-corrected chi connectivity index (χ1v) is 5.85. The molecule has 1 amide bonds. The zero-order valence-corrected chi connectivity index (χ0v) is 9.81. The fraction of sp³-hybridized carbons (Fsp3) is 0.308. The zero-order valence-electron chi connectivity index (χ0n) is 9.81. The number of amides is 1. The zero-order chi connectivity index (χ0) is 12.5. The molecule has 0 radical (unpaired) electrons. The monoisotopic (exact) mass is 246 g/mol. The highest BCUT2D eigenvalue weighted by Crippen LogP contribution is 2.29. The van der Waals surface area contributed by atoms with Gasteiger partial charge in [-0.2, -0.15) is 0 Å². The second kappa shape index (κ2) is 4.34. The molecule has 1 aliphatic heterocycles. The molecule has 2 heterocycles. The summed E-state index contributed by atoms with van der Waals surface area (Å²) >= 11 is 0. The van der Waals surface area contributed by atoms with E-state index in [2.05, 4.69) is 4.98 Å². The molecule has 3 N–H and O–H groups in total. The van der Waals surface area contributed by atoms with Crippen molar-refractivity contribution < 1.29 is 14.3 Å². The molecule has 1 aromatic heterocycles. The van der Waals surface area contributed by atoms with Gasteiger partial charge in [0.2, 0.25) is 5.91 Å². The van der Waals surface area contributed by atoms with Crippen molar-refractivity contribution in [2.75, 3.05) is 13.2 Å². The number of benzene rings is 1. The molecule has 5 heteroatoms. The standard InChI is InChI=1S/C13H14N2O3/c14-12(16)4-8-5-15-10-2-1-3-11(13(8)10)18-7-9-6-17-9/h1-3,5,9,15H,4,6-7H2,(H2,14,16). The fourth-order valence-electron chi connectivity index (χ4n) is 2.01. The molecule has 1 atom stereocenters. The van der Waals surface area contributed by atoms with Gasteiger partial charge in [-0.1, -0.05) is 6.07 Å². The normalized spacial score (nSPS) is 17.9. The van der Waals surface area contributed by atoms with Crippen LogP contribution in [-0.2, 0) is 16.0 Å². The van der Waals surface area contributed by atoms with E-state index in [-0.39, 0.29) is 18.4 Å².